The first-order chi connectivity index (χ1) is 12.7. The standard InChI is InChI=1S/C17H19N5O4/c1-24-14-7-15(25-2)20-16(19-14)21-9-12-13(10-21)26-17(23)22(12)8-11-5-3-4-6-18-11/h3-7,12-13H,8-10H2,1-2H3/t12-,13+/m0/s1. The van der Waals surface area contributed by atoms with Crippen molar-refractivity contribution in [3.8, 4) is 11.8 Å². The molecule has 9 heteroatoms. The second-order valence-electron chi connectivity index (χ2n) is 6.10. The summed E-state index contributed by atoms with van der Waals surface area (Å²) in [6.07, 6.45) is 1.17. The Morgan fingerprint density at radius 2 is 1.96 bits per heavy atom. The number of pyridine rings is 1. The van der Waals surface area contributed by atoms with Gasteiger partial charge in [0.1, 0.15) is 6.10 Å². The molecule has 0 unspecified atom stereocenters. The summed E-state index contributed by atoms with van der Waals surface area (Å²) in [5.74, 6) is 1.34. The number of hydrogen-bond donors (Lipinski definition) is 0. The maximum atomic E-state index is 12.2. The number of amides is 1. The van der Waals surface area contributed by atoms with Gasteiger partial charge in [-0.2, -0.15) is 9.97 Å². The van der Waals surface area contributed by atoms with Gasteiger partial charge in [-0.3, -0.25) is 9.88 Å². The number of rotatable bonds is 5. The second-order valence-corrected chi connectivity index (χ2v) is 6.10. The van der Waals surface area contributed by atoms with E-state index in [0.29, 0.717) is 37.3 Å². The molecule has 2 fully saturated rings. The molecule has 2 aromatic heterocycles. The minimum Gasteiger partial charge on any atom is -0.481 e. The Balaban J connectivity index is 1.53. The number of carbonyl (C=O) groups is 1. The summed E-state index contributed by atoms with van der Waals surface area (Å²) in [5, 5.41) is 0. The summed E-state index contributed by atoms with van der Waals surface area (Å²) < 4.78 is 15.9. The van der Waals surface area contributed by atoms with Gasteiger partial charge in [-0.25, -0.2) is 4.79 Å². The maximum absolute atomic E-state index is 12.2. The van der Waals surface area contributed by atoms with E-state index < -0.39 is 0 Å². The van der Waals surface area contributed by atoms with Gasteiger partial charge in [0.2, 0.25) is 17.7 Å². The van der Waals surface area contributed by atoms with Crippen molar-refractivity contribution < 1.29 is 19.0 Å². The van der Waals surface area contributed by atoms with Crippen LogP contribution in [0.4, 0.5) is 10.7 Å². The van der Waals surface area contributed by atoms with Crippen LogP contribution in [0.25, 0.3) is 0 Å². The molecule has 4 heterocycles. The summed E-state index contributed by atoms with van der Waals surface area (Å²) in [4.78, 5) is 29.0. The largest absolute Gasteiger partial charge is 0.481 e. The van der Waals surface area contributed by atoms with Gasteiger partial charge in [0.25, 0.3) is 0 Å². The fraction of sp³-hybridized carbons (Fsp3) is 0.412. The van der Waals surface area contributed by atoms with Gasteiger partial charge in [-0.05, 0) is 12.1 Å². The molecule has 2 aliphatic heterocycles. The van der Waals surface area contributed by atoms with Gasteiger partial charge in [0.05, 0.1) is 45.1 Å². The molecule has 4 rings (SSSR count). The quantitative estimate of drug-likeness (QED) is 0.786. The smallest absolute Gasteiger partial charge is 0.410 e. The molecule has 2 aliphatic rings. The summed E-state index contributed by atoms with van der Waals surface area (Å²) in [5.41, 5.74) is 0.822. The number of anilines is 1. The molecule has 0 bridgehead atoms. The molecule has 1 amide bonds. The lowest BCUT2D eigenvalue weighted by Crippen LogP contribution is -2.38. The lowest BCUT2D eigenvalue weighted by Gasteiger charge is -2.22. The van der Waals surface area contributed by atoms with Crippen molar-refractivity contribution in [2.45, 2.75) is 18.7 Å². The molecular weight excluding hydrogens is 338 g/mol. The van der Waals surface area contributed by atoms with Crippen molar-refractivity contribution in [2.75, 3.05) is 32.2 Å². The molecular formula is C17H19N5O4. The predicted octanol–water partition coefficient (Wildman–Crippen LogP) is 1.10. The zero-order valence-electron chi connectivity index (χ0n) is 14.5. The molecule has 2 atom stereocenters. The molecule has 0 aliphatic carbocycles. The highest BCUT2D eigenvalue weighted by Gasteiger charge is 2.48. The van der Waals surface area contributed by atoms with Gasteiger partial charge in [-0.1, -0.05) is 6.07 Å². The normalized spacial score (nSPS) is 21.5. The number of aromatic nitrogens is 3. The number of carbonyl (C=O) groups excluding carboxylic acids is 1. The van der Waals surface area contributed by atoms with Gasteiger partial charge >= 0.3 is 6.09 Å². The van der Waals surface area contributed by atoms with Crippen molar-refractivity contribution in [1.29, 1.82) is 0 Å². The molecule has 0 aromatic carbocycles. The summed E-state index contributed by atoms with van der Waals surface area (Å²) in [7, 11) is 3.08. The van der Waals surface area contributed by atoms with Crippen molar-refractivity contribution in [3.05, 3.63) is 36.2 Å². The Labute approximate surface area is 150 Å². The third-order valence-corrected chi connectivity index (χ3v) is 4.55. The zero-order chi connectivity index (χ0) is 18.1. The first-order valence-electron chi connectivity index (χ1n) is 8.27. The second kappa shape index (κ2) is 6.66. The third kappa shape index (κ3) is 2.96. The van der Waals surface area contributed by atoms with Crippen LogP contribution in [0.1, 0.15) is 5.69 Å². The van der Waals surface area contributed by atoms with Crippen molar-refractivity contribution in [1.82, 2.24) is 19.9 Å². The number of hydrogen-bond acceptors (Lipinski definition) is 8. The molecule has 136 valence electrons. The fourth-order valence-electron chi connectivity index (χ4n) is 3.26. The van der Waals surface area contributed by atoms with Gasteiger partial charge < -0.3 is 19.1 Å². The van der Waals surface area contributed by atoms with Crippen molar-refractivity contribution in [3.63, 3.8) is 0 Å². The Morgan fingerprint density at radius 3 is 2.62 bits per heavy atom. The number of methoxy groups -OCH3 is 2. The van der Waals surface area contributed by atoms with Crippen LogP contribution < -0.4 is 14.4 Å². The Morgan fingerprint density at radius 1 is 1.19 bits per heavy atom. The number of ether oxygens (including phenoxy) is 3. The van der Waals surface area contributed by atoms with Crippen LogP contribution in [0.2, 0.25) is 0 Å². The van der Waals surface area contributed by atoms with Gasteiger partial charge in [0.15, 0.2) is 0 Å². The Bertz CT molecular complexity index is 781. The molecule has 0 saturated carbocycles. The summed E-state index contributed by atoms with van der Waals surface area (Å²) in [6, 6.07) is 7.18. The SMILES string of the molecule is COc1cc(OC)nc(N2C[C@H]3OC(=O)N(Cc4ccccn4)[C@H]3C2)n1. The molecule has 0 N–H and O–H groups in total. The van der Waals surface area contributed by atoms with Crippen LogP contribution in [-0.2, 0) is 11.3 Å². The lowest BCUT2D eigenvalue weighted by molar-refractivity contribution is 0.135. The van der Waals surface area contributed by atoms with Crippen LogP contribution in [0.3, 0.4) is 0 Å². The summed E-state index contributed by atoms with van der Waals surface area (Å²) >= 11 is 0. The van der Waals surface area contributed by atoms with Crippen LogP contribution in [0.15, 0.2) is 30.5 Å². The van der Waals surface area contributed by atoms with Crippen molar-refractivity contribution >= 4 is 12.0 Å². The van der Waals surface area contributed by atoms with E-state index >= 15 is 0 Å². The highest BCUT2D eigenvalue weighted by Crippen LogP contribution is 2.31. The first kappa shape index (κ1) is 16.4. The fourth-order valence-corrected chi connectivity index (χ4v) is 3.26. The minimum atomic E-state index is -0.311. The summed E-state index contributed by atoms with van der Waals surface area (Å²) in [6.45, 7) is 1.50. The Hall–Kier alpha value is -3.10. The van der Waals surface area contributed by atoms with E-state index in [1.165, 1.54) is 0 Å². The van der Waals surface area contributed by atoms with Crippen molar-refractivity contribution in [2.24, 2.45) is 0 Å². The highest BCUT2D eigenvalue weighted by atomic mass is 16.6. The molecule has 2 aromatic rings. The maximum Gasteiger partial charge on any atom is 0.410 e. The lowest BCUT2D eigenvalue weighted by atomic mass is 10.2. The molecule has 0 spiro atoms. The topological polar surface area (TPSA) is 89.9 Å². The average Bonchev–Trinajstić information content (AvgIpc) is 3.21. The van der Waals surface area contributed by atoms with E-state index in [9.17, 15) is 4.79 Å². The van der Waals surface area contributed by atoms with E-state index in [4.69, 9.17) is 14.2 Å². The van der Waals surface area contributed by atoms with E-state index in [-0.39, 0.29) is 18.2 Å². The molecule has 2 saturated heterocycles. The van der Waals surface area contributed by atoms with E-state index in [0.717, 1.165) is 5.69 Å². The van der Waals surface area contributed by atoms with Crippen LogP contribution >= 0.6 is 0 Å². The first-order valence-corrected chi connectivity index (χ1v) is 8.27. The number of fused-ring (bicyclic) bond motifs is 1. The molecule has 9 nitrogen and oxygen atoms in total. The highest BCUT2D eigenvalue weighted by molar-refractivity contribution is 5.71. The Kier molecular flexibility index (Phi) is 4.19. The third-order valence-electron chi connectivity index (χ3n) is 4.55. The van der Waals surface area contributed by atoms with E-state index in [1.54, 1.807) is 31.4 Å². The van der Waals surface area contributed by atoms with E-state index in [1.807, 2.05) is 23.1 Å². The van der Waals surface area contributed by atoms with Crippen LogP contribution in [0.5, 0.6) is 11.8 Å². The van der Waals surface area contributed by atoms with Crippen LogP contribution in [0, 0.1) is 0 Å². The van der Waals surface area contributed by atoms with Crippen LogP contribution in [-0.4, -0.2) is 65.4 Å². The number of nitrogens with zero attached hydrogens (tertiary/aromatic N) is 5. The molecule has 26 heavy (non-hydrogen) atoms. The monoisotopic (exact) mass is 357 g/mol. The average molecular weight is 357 g/mol. The van der Waals surface area contributed by atoms with E-state index in [2.05, 4.69) is 15.0 Å². The van der Waals surface area contributed by atoms with Gasteiger partial charge in [0, 0.05) is 12.7 Å². The zero-order valence-corrected chi connectivity index (χ0v) is 14.5. The predicted molar refractivity (Wildman–Crippen MR) is 91.2 cm³/mol. The minimum absolute atomic E-state index is 0.0784. The molecule has 0 radical (unpaired) electrons. The van der Waals surface area contributed by atoms with Gasteiger partial charge in [-0.15, -0.1) is 0 Å².